The number of carboxylic acid groups (broad SMARTS) is 1. The highest BCUT2D eigenvalue weighted by Gasteiger charge is 2.06. The maximum atomic E-state index is 11.0. The number of benzene rings is 1. The zero-order valence-corrected chi connectivity index (χ0v) is 8.28. The fourth-order valence-corrected chi connectivity index (χ4v) is 1.12. The molecule has 0 bridgehead atoms. The van der Waals surface area contributed by atoms with Crippen LogP contribution in [-0.4, -0.2) is 17.0 Å². The number of rotatable bonds is 3. The van der Waals surface area contributed by atoms with Gasteiger partial charge in [0.05, 0.1) is 5.56 Å². The lowest BCUT2D eigenvalue weighted by molar-refractivity contribution is -0.111. The second kappa shape index (κ2) is 4.41. The Hall–Kier alpha value is -2.10. The van der Waals surface area contributed by atoms with Gasteiger partial charge in [0.1, 0.15) is 0 Å². The van der Waals surface area contributed by atoms with Crippen LogP contribution >= 0.6 is 0 Å². The van der Waals surface area contributed by atoms with Crippen LogP contribution in [0.25, 0.3) is 0 Å². The molecule has 0 unspecified atom stereocenters. The van der Waals surface area contributed by atoms with Crippen LogP contribution in [0.1, 0.15) is 15.9 Å². The molecule has 4 nitrogen and oxygen atoms in total. The van der Waals surface area contributed by atoms with E-state index in [2.05, 4.69) is 11.9 Å². The minimum Gasteiger partial charge on any atom is -0.478 e. The second-order valence-electron chi connectivity index (χ2n) is 3.03. The molecular formula is C11H11NO3. The Balaban J connectivity index is 2.98. The molecule has 0 fully saturated rings. The third-order valence-electron chi connectivity index (χ3n) is 1.92. The number of carbonyl (C=O) groups is 2. The molecule has 15 heavy (non-hydrogen) atoms. The van der Waals surface area contributed by atoms with Gasteiger partial charge in [0.2, 0.25) is 5.91 Å². The molecule has 0 saturated heterocycles. The molecule has 2 N–H and O–H groups in total. The first-order valence-electron chi connectivity index (χ1n) is 4.32. The van der Waals surface area contributed by atoms with Gasteiger partial charge < -0.3 is 10.4 Å². The summed E-state index contributed by atoms with van der Waals surface area (Å²) in [5.74, 6) is -1.30. The summed E-state index contributed by atoms with van der Waals surface area (Å²) < 4.78 is 0. The van der Waals surface area contributed by atoms with E-state index < -0.39 is 5.97 Å². The molecule has 0 saturated carbocycles. The van der Waals surface area contributed by atoms with E-state index in [4.69, 9.17) is 5.11 Å². The number of amides is 1. The van der Waals surface area contributed by atoms with Gasteiger partial charge in [0.15, 0.2) is 0 Å². The molecule has 1 aromatic rings. The van der Waals surface area contributed by atoms with Gasteiger partial charge in [0.25, 0.3) is 0 Å². The Morgan fingerprint density at radius 2 is 2.13 bits per heavy atom. The zero-order chi connectivity index (χ0) is 11.4. The number of aryl methyl sites for hydroxylation is 1. The molecule has 0 aromatic heterocycles. The largest absolute Gasteiger partial charge is 0.478 e. The number of carbonyl (C=O) groups excluding carboxylic acids is 1. The molecule has 0 heterocycles. The molecule has 0 aliphatic carbocycles. The van der Waals surface area contributed by atoms with Crippen LogP contribution in [0.2, 0.25) is 0 Å². The maximum Gasteiger partial charge on any atom is 0.335 e. The summed E-state index contributed by atoms with van der Waals surface area (Å²) >= 11 is 0. The van der Waals surface area contributed by atoms with Crippen LogP contribution in [-0.2, 0) is 4.79 Å². The van der Waals surface area contributed by atoms with Crippen molar-refractivity contribution >= 4 is 17.6 Å². The zero-order valence-electron chi connectivity index (χ0n) is 8.28. The van der Waals surface area contributed by atoms with E-state index in [0.717, 1.165) is 6.08 Å². The summed E-state index contributed by atoms with van der Waals surface area (Å²) in [6.45, 7) is 5.05. The molecular weight excluding hydrogens is 194 g/mol. The van der Waals surface area contributed by atoms with Crippen LogP contribution in [0.3, 0.4) is 0 Å². The molecule has 0 aliphatic heterocycles. The van der Waals surface area contributed by atoms with E-state index in [9.17, 15) is 9.59 Å². The number of nitrogens with one attached hydrogen (secondary N) is 1. The minimum absolute atomic E-state index is 0.198. The van der Waals surface area contributed by atoms with E-state index >= 15 is 0 Å². The summed E-state index contributed by atoms with van der Waals surface area (Å²) in [5, 5.41) is 11.3. The highest BCUT2D eigenvalue weighted by molar-refractivity contribution is 5.99. The Morgan fingerprint density at radius 3 is 2.60 bits per heavy atom. The van der Waals surface area contributed by atoms with Crippen LogP contribution < -0.4 is 5.32 Å². The highest BCUT2D eigenvalue weighted by atomic mass is 16.4. The van der Waals surface area contributed by atoms with Crippen molar-refractivity contribution in [2.75, 3.05) is 5.32 Å². The molecule has 1 amide bonds. The van der Waals surface area contributed by atoms with Crippen molar-refractivity contribution < 1.29 is 14.7 Å². The van der Waals surface area contributed by atoms with Gasteiger partial charge in [-0.05, 0) is 36.8 Å². The van der Waals surface area contributed by atoms with Gasteiger partial charge in [-0.15, -0.1) is 0 Å². The van der Waals surface area contributed by atoms with Crippen LogP contribution in [0, 0.1) is 6.92 Å². The van der Waals surface area contributed by atoms with Crippen molar-refractivity contribution in [1.82, 2.24) is 0 Å². The van der Waals surface area contributed by atoms with Gasteiger partial charge in [-0.25, -0.2) is 4.79 Å². The molecule has 0 aliphatic rings. The standard InChI is InChI=1S/C11H11NO3/c1-3-10(13)12-9-5-4-8(11(14)15)6-7(9)2/h3-6H,1H2,2H3,(H,12,13)(H,14,15). The lowest BCUT2D eigenvalue weighted by Gasteiger charge is -2.06. The van der Waals surface area contributed by atoms with E-state index in [1.165, 1.54) is 12.1 Å². The monoisotopic (exact) mass is 205 g/mol. The maximum absolute atomic E-state index is 11.0. The van der Waals surface area contributed by atoms with Crippen molar-refractivity contribution in [1.29, 1.82) is 0 Å². The quantitative estimate of drug-likeness (QED) is 0.739. The Morgan fingerprint density at radius 1 is 1.47 bits per heavy atom. The van der Waals surface area contributed by atoms with Crippen molar-refractivity contribution in [2.24, 2.45) is 0 Å². The highest BCUT2D eigenvalue weighted by Crippen LogP contribution is 2.16. The van der Waals surface area contributed by atoms with Gasteiger partial charge in [0, 0.05) is 5.69 Å². The summed E-state index contributed by atoms with van der Waals surface area (Å²) in [5.41, 5.74) is 1.49. The predicted molar refractivity (Wildman–Crippen MR) is 57.0 cm³/mol. The van der Waals surface area contributed by atoms with Crippen LogP contribution in [0.15, 0.2) is 30.9 Å². The number of aromatic carboxylic acids is 1. The van der Waals surface area contributed by atoms with Crippen molar-refractivity contribution in [3.63, 3.8) is 0 Å². The Kier molecular flexibility index (Phi) is 3.23. The van der Waals surface area contributed by atoms with E-state index in [-0.39, 0.29) is 11.5 Å². The summed E-state index contributed by atoms with van der Waals surface area (Å²) in [7, 11) is 0. The van der Waals surface area contributed by atoms with Gasteiger partial charge in [-0.3, -0.25) is 4.79 Å². The van der Waals surface area contributed by atoms with Gasteiger partial charge in [-0.2, -0.15) is 0 Å². The molecule has 78 valence electrons. The molecule has 1 aromatic carbocycles. The first-order valence-corrected chi connectivity index (χ1v) is 4.32. The SMILES string of the molecule is C=CC(=O)Nc1ccc(C(=O)O)cc1C. The lowest BCUT2D eigenvalue weighted by Crippen LogP contribution is -2.09. The fourth-order valence-electron chi connectivity index (χ4n) is 1.12. The smallest absolute Gasteiger partial charge is 0.335 e. The first kappa shape index (κ1) is 11.0. The summed E-state index contributed by atoms with van der Waals surface area (Å²) in [6, 6.07) is 4.50. The fraction of sp³-hybridized carbons (Fsp3) is 0.0909. The van der Waals surface area contributed by atoms with E-state index in [1.807, 2.05) is 0 Å². The van der Waals surface area contributed by atoms with Crippen molar-refractivity contribution in [3.05, 3.63) is 42.0 Å². The second-order valence-corrected chi connectivity index (χ2v) is 3.03. The van der Waals surface area contributed by atoms with Gasteiger partial charge in [-0.1, -0.05) is 6.58 Å². The summed E-state index contributed by atoms with van der Waals surface area (Å²) in [6.07, 6.45) is 1.16. The topological polar surface area (TPSA) is 66.4 Å². The number of carboxylic acids is 1. The molecule has 4 heteroatoms. The summed E-state index contributed by atoms with van der Waals surface area (Å²) in [4.78, 5) is 21.6. The number of hydrogen-bond acceptors (Lipinski definition) is 2. The van der Waals surface area contributed by atoms with E-state index in [1.54, 1.807) is 13.0 Å². The average molecular weight is 205 g/mol. The van der Waals surface area contributed by atoms with E-state index in [0.29, 0.717) is 11.3 Å². The Bertz CT molecular complexity index is 424. The predicted octanol–water partition coefficient (Wildman–Crippen LogP) is 1.82. The molecule has 1 rings (SSSR count). The van der Waals surface area contributed by atoms with Crippen LogP contribution in [0.5, 0.6) is 0 Å². The number of hydrogen-bond donors (Lipinski definition) is 2. The molecule has 0 radical (unpaired) electrons. The molecule has 0 atom stereocenters. The van der Waals surface area contributed by atoms with Crippen molar-refractivity contribution in [2.45, 2.75) is 6.92 Å². The average Bonchev–Trinajstić information content (AvgIpc) is 2.20. The number of anilines is 1. The van der Waals surface area contributed by atoms with Crippen molar-refractivity contribution in [3.8, 4) is 0 Å². The third kappa shape index (κ3) is 2.67. The minimum atomic E-state index is -0.986. The lowest BCUT2D eigenvalue weighted by atomic mass is 10.1. The Labute approximate surface area is 87.2 Å². The van der Waals surface area contributed by atoms with Crippen LogP contribution in [0.4, 0.5) is 5.69 Å². The van der Waals surface area contributed by atoms with Gasteiger partial charge >= 0.3 is 5.97 Å². The third-order valence-corrected chi connectivity index (χ3v) is 1.92. The first-order chi connectivity index (χ1) is 7.04. The molecule has 0 spiro atoms. The normalized spacial score (nSPS) is 9.40.